The molecule has 0 aliphatic rings. The molecular formula is C29H25ClN2O3. The van der Waals surface area contributed by atoms with E-state index in [1.807, 2.05) is 103 Å². The first-order valence-corrected chi connectivity index (χ1v) is 11.6. The number of halogens is 1. The van der Waals surface area contributed by atoms with E-state index in [-0.39, 0.29) is 5.91 Å². The average Bonchev–Trinajstić information content (AvgIpc) is 2.90. The Morgan fingerprint density at radius 1 is 0.857 bits per heavy atom. The van der Waals surface area contributed by atoms with Crippen LogP contribution < -0.4 is 14.9 Å². The van der Waals surface area contributed by atoms with Gasteiger partial charge < -0.3 is 9.47 Å². The minimum atomic E-state index is -0.696. The van der Waals surface area contributed by atoms with E-state index in [4.69, 9.17) is 21.1 Å². The topological polar surface area (TPSA) is 59.9 Å². The summed E-state index contributed by atoms with van der Waals surface area (Å²) in [6, 6.07) is 32.7. The van der Waals surface area contributed by atoms with Gasteiger partial charge in [-0.15, -0.1) is 0 Å². The molecule has 35 heavy (non-hydrogen) atoms. The molecule has 176 valence electrons. The van der Waals surface area contributed by atoms with Crippen LogP contribution in [0.3, 0.4) is 0 Å². The van der Waals surface area contributed by atoms with Gasteiger partial charge in [0.25, 0.3) is 5.91 Å². The number of hydrogen-bond acceptors (Lipinski definition) is 4. The molecule has 1 unspecified atom stereocenters. The summed E-state index contributed by atoms with van der Waals surface area (Å²) in [6.07, 6.45) is 0.876. The zero-order chi connectivity index (χ0) is 24.5. The number of amides is 1. The zero-order valence-corrected chi connectivity index (χ0v) is 20.0. The number of carbonyl (C=O) groups excluding carboxylic acids is 1. The number of hydrazone groups is 1. The Hall–Kier alpha value is -4.09. The van der Waals surface area contributed by atoms with Gasteiger partial charge in [-0.2, -0.15) is 5.10 Å². The Morgan fingerprint density at radius 3 is 2.17 bits per heavy atom. The molecule has 0 aromatic heterocycles. The molecule has 0 saturated heterocycles. The maximum atomic E-state index is 12.3. The highest BCUT2D eigenvalue weighted by atomic mass is 35.5. The molecule has 0 radical (unpaired) electrons. The van der Waals surface area contributed by atoms with Crippen molar-refractivity contribution >= 4 is 23.7 Å². The number of rotatable bonds is 9. The summed E-state index contributed by atoms with van der Waals surface area (Å²) in [5.41, 5.74) is 6.59. The monoisotopic (exact) mass is 484 g/mol. The quantitative estimate of drug-likeness (QED) is 0.218. The lowest BCUT2D eigenvalue weighted by molar-refractivity contribution is -0.127. The molecular weight excluding hydrogens is 460 g/mol. The molecule has 1 amide bonds. The van der Waals surface area contributed by atoms with Gasteiger partial charge in [0.2, 0.25) is 0 Å². The van der Waals surface area contributed by atoms with Crippen LogP contribution in [-0.2, 0) is 11.4 Å². The first kappa shape index (κ1) is 24.0. The van der Waals surface area contributed by atoms with Crippen molar-refractivity contribution in [3.05, 3.63) is 119 Å². The van der Waals surface area contributed by atoms with E-state index in [1.165, 1.54) is 0 Å². The fourth-order valence-corrected chi connectivity index (χ4v) is 3.40. The standard InChI is InChI=1S/C29H25ClN2O3/c1-21(35-28-17-11-25(12-18-28)24-5-3-2-4-6-24)29(33)32-31-19-22-9-15-27(16-10-22)34-20-23-7-13-26(30)14-8-23/h2-19,21H,20H2,1H3,(H,32,33)/b31-19+. The summed E-state index contributed by atoms with van der Waals surface area (Å²) >= 11 is 5.90. The SMILES string of the molecule is CC(Oc1ccc(-c2ccccc2)cc1)C(=O)N/N=C/c1ccc(OCc2ccc(Cl)cc2)cc1. The molecule has 4 aromatic carbocycles. The largest absolute Gasteiger partial charge is 0.489 e. The second-order valence-electron chi connectivity index (χ2n) is 7.87. The van der Waals surface area contributed by atoms with Crippen LogP contribution in [0.1, 0.15) is 18.1 Å². The molecule has 4 aromatic rings. The molecule has 1 N–H and O–H groups in total. The van der Waals surface area contributed by atoms with Crippen LogP contribution in [0.15, 0.2) is 108 Å². The van der Waals surface area contributed by atoms with Crippen LogP contribution >= 0.6 is 11.6 Å². The number of nitrogens with one attached hydrogen (secondary N) is 1. The number of carbonyl (C=O) groups is 1. The molecule has 5 nitrogen and oxygen atoms in total. The van der Waals surface area contributed by atoms with Crippen molar-refractivity contribution in [2.45, 2.75) is 19.6 Å². The molecule has 4 rings (SSSR count). The second kappa shape index (κ2) is 11.9. The molecule has 0 heterocycles. The predicted octanol–water partition coefficient (Wildman–Crippen LogP) is 6.50. The van der Waals surface area contributed by atoms with Crippen LogP contribution in [0.2, 0.25) is 5.02 Å². The van der Waals surface area contributed by atoms with Gasteiger partial charge in [-0.25, -0.2) is 5.43 Å². The van der Waals surface area contributed by atoms with Crippen LogP contribution in [0, 0.1) is 0 Å². The van der Waals surface area contributed by atoms with Gasteiger partial charge in [0.15, 0.2) is 6.10 Å². The molecule has 6 heteroatoms. The van der Waals surface area contributed by atoms with Crippen molar-refractivity contribution in [2.24, 2.45) is 5.10 Å². The van der Waals surface area contributed by atoms with E-state index in [9.17, 15) is 4.79 Å². The lowest BCUT2D eigenvalue weighted by Crippen LogP contribution is -2.33. The highest BCUT2D eigenvalue weighted by Gasteiger charge is 2.14. The maximum absolute atomic E-state index is 12.3. The first-order chi connectivity index (χ1) is 17.1. The molecule has 1 atom stereocenters. The Morgan fingerprint density at radius 2 is 1.49 bits per heavy atom. The third kappa shape index (κ3) is 7.19. The Bertz CT molecular complexity index is 1260. The zero-order valence-electron chi connectivity index (χ0n) is 19.2. The lowest BCUT2D eigenvalue weighted by atomic mass is 10.1. The van der Waals surface area contributed by atoms with Crippen LogP contribution in [-0.4, -0.2) is 18.2 Å². The molecule has 0 aliphatic carbocycles. The minimum absolute atomic E-state index is 0.337. The molecule has 0 aliphatic heterocycles. The van der Waals surface area contributed by atoms with Crippen LogP contribution in [0.5, 0.6) is 11.5 Å². The van der Waals surface area contributed by atoms with Crippen molar-refractivity contribution < 1.29 is 14.3 Å². The van der Waals surface area contributed by atoms with Gasteiger partial charge >= 0.3 is 0 Å². The second-order valence-corrected chi connectivity index (χ2v) is 8.31. The van der Waals surface area contributed by atoms with Gasteiger partial charge in [-0.3, -0.25) is 4.79 Å². The van der Waals surface area contributed by atoms with E-state index < -0.39 is 6.10 Å². The van der Waals surface area contributed by atoms with E-state index in [1.54, 1.807) is 13.1 Å². The maximum Gasteiger partial charge on any atom is 0.280 e. The minimum Gasteiger partial charge on any atom is -0.489 e. The van der Waals surface area contributed by atoms with Crippen molar-refractivity contribution in [3.63, 3.8) is 0 Å². The highest BCUT2D eigenvalue weighted by Crippen LogP contribution is 2.22. The summed E-state index contributed by atoms with van der Waals surface area (Å²) < 4.78 is 11.5. The van der Waals surface area contributed by atoms with Crippen molar-refractivity contribution in [2.75, 3.05) is 0 Å². The van der Waals surface area contributed by atoms with E-state index in [2.05, 4.69) is 10.5 Å². The molecule has 0 spiro atoms. The number of nitrogens with zero attached hydrogens (tertiary/aromatic N) is 1. The van der Waals surface area contributed by atoms with E-state index in [0.717, 1.165) is 28.0 Å². The molecule has 0 bridgehead atoms. The van der Waals surface area contributed by atoms with Crippen LogP contribution in [0.4, 0.5) is 0 Å². The normalized spacial score (nSPS) is 11.7. The molecule has 0 fully saturated rings. The smallest absolute Gasteiger partial charge is 0.280 e. The highest BCUT2D eigenvalue weighted by molar-refractivity contribution is 6.30. The van der Waals surface area contributed by atoms with Crippen LogP contribution in [0.25, 0.3) is 11.1 Å². The predicted molar refractivity (Wildman–Crippen MR) is 140 cm³/mol. The number of benzene rings is 4. The van der Waals surface area contributed by atoms with Crippen molar-refractivity contribution in [1.82, 2.24) is 5.43 Å². The van der Waals surface area contributed by atoms with Gasteiger partial charge in [-0.1, -0.05) is 66.2 Å². The molecule has 0 saturated carbocycles. The van der Waals surface area contributed by atoms with E-state index >= 15 is 0 Å². The summed E-state index contributed by atoms with van der Waals surface area (Å²) in [5, 5.41) is 4.73. The van der Waals surface area contributed by atoms with Gasteiger partial charge in [-0.05, 0) is 77.7 Å². The Balaban J connectivity index is 1.23. The third-order valence-electron chi connectivity index (χ3n) is 5.23. The van der Waals surface area contributed by atoms with Gasteiger partial charge in [0.05, 0.1) is 6.21 Å². The van der Waals surface area contributed by atoms with Crippen molar-refractivity contribution in [1.29, 1.82) is 0 Å². The average molecular weight is 485 g/mol. The summed E-state index contributed by atoms with van der Waals surface area (Å²) in [4.78, 5) is 12.3. The lowest BCUT2D eigenvalue weighted by Gasteiger charge is -2.13. The van der Waals surface area contributed by atoms with Gasteiger partial charge in [0, 0.05) is 5.02 Å². The Labute approximate surface area is 210 Å². The number of ether oxygens (including phenoxy) is 2. The Kier molecular flexibility index (Phi) is 8.15. The number of hydrogen-bond donors (Lipinski definition) is 1. The van der Waals surface area contributed by atoms with E-state index in [0.29, 0.717) is 17.4 Å². The van der Waals surface area contributed by atoms with Gasteiger partial charge in [0.1, 0.15) is 18.1 Å². The summed E-state index contributed by atoms with van der Waals surface area (Å²) in [7, 11) is 0. The fourth-order valence-electron chi connectivity index (χ4n) is 3.27. The van der Waals surface area contributed by atoms with Crippen molar-refractivity contribution in [3.8, 4) is 22.6 Å². The summed E-state index contributed by atoms with van der Waals surface area (Å²) in [5.74, 6) is 1.02. The first-order valence-electron chi connectivity index (χ1n) is 11.2. The summed E-state index contributed by atoms with van der Waals surface area (Å²) in [6.45, 7) is 2.14. The third-order valence-corrected chi connectivity index (χ3v) is 5.48. The fraction of sp³-hybridized carbons (Fsp3) is 0.103.